The molecule has 0 saturated carbocycles. The highest BCUT2D eigenvalue weighted by atomic mass is 16.2. The van der Waals surface area contributed by atoms with Gasteiger partial charge in [0.05, 0.1) is 0 Å². The van der Waals surface area contributed by atoms with Crippen molar-refractivity contribution in [1.29, 1.82) is 0 Å². The Morgan fingerprint density at radius 2 is 2.00 bits per heavy atom. The lowest BCUT2D eigenvalue weighted by molar-refractivity contribution is -0.129. The van der Waals surface area contributed by atoms with Gasteiger partial charge in [0.25, 0.3) is 5.91 Å². The van der Waals surface area contributed by atoms with Crippen LogP contribution in [0.4, 0.5) is 0 Å². The van der Waals surface area contributed by atoms with Gasteiger partial charge in [-0.25, -0.2) is 0 Å². The fourth-order valence-electron chi connectivity index (χ4n) is 2.08. The van der Waals surface area contributed by atoms with Gasteiger partial charge >= 0.3 is 0 Å². The van der Waals surface area contributed by atoms with Crippen LogP contribution in [0.15, 0.2) is 23.0 Å². The van der Waals surface area contributed by atoms with E-state index in [0.717, 1.165) is 25.9 Å². The van der Waals surface area contributed by atoms with Crippen molar-refractivity contribution >= 4 is 11.8 Å². The molecule has 0 aliphatic carbocycles. The zero-order chi connectivity index (χ0) is 13.7. The summed E-state index contributed by atoms with van der Waals surface area (Å²) in [6.07, 6.45) is 2.41. The summed E-state index contributed by atoms with van der Waals surface area (Å²) in [4.78, 5) is 38.7. The first-order valence-electron chi connectivity index (χ1n) is 6.42. The van der Waals surface area contributed by atoms with E-state index < -0.39 is 0 Å². The van der Waals surface area contributed by atoms with Gasteiger partial charge in [0.1, 0.15) is 5.69 Å². The molecule has 1 fully saturated rings. The minimum absolute atomic E-state index is 0.0688. The third-order valence-electron chi connectivity index (χ3n) is 3.10. The predicted octanol–water partition coefficient (Wildman–Crippen LogP) is 0.117. The Labute approximate surface area is 110 Å². The fourth-order valence-corrected chi connectivity index (χ4v) is 2.08. The molecule has 2 rings (SSSR count). The van der Waals surface area contributed by atoms with Crippen LogP contribution >= 0.6 is 0 Å². The van der Waals surface area contributed by atoms with E-state index >= 15 is 0 Å². The highest BCUT2D eigenvalue weighted by Crippen LogP contribution is 2.08. The summed E-state index contributed by atoms with van der Waals surface area (Å²) in [6, 6.07) is 4.38. The summed E-state index contributed by atoms with van der Waals surface area (Å²) < 4.78 is 0. The minimum atomic E-state index is -0.369. The molecule has 1 aliphatic rings. The summed E-state index contributed by atoms with van der Waals surface area (Å²) >= 11 is 0. The molecule has 19 heavy (non-hydrogen) atoms. The topological polar surface area (TPSA) is 82.3 Å². The maximum Gasteiger partial charge on any atom is 0.267 e. The largest absolute Gasteiger partial charge is 0.350 e. The molecule has 0 atom stereocenters. The molecule has 2 amide bonds. The molecule has 0 bridgehead atoms. The smallest absolute Gasteiger partial charge is 0.267 e. The third kappa shape index (κ3) is 3.67. The number of likely N-dealkylation sites (tertiary alicyclic amines) is 1. The van der Waals surface area contributed by atoms with Gasteiger partial charge < -0.3 is 15.2 Å². The van der Waals surface area contributed by atoms with Crippen LogP contribution in [0.25, 0.3) is 0 Å². The molecule has 2 heterocycles. The quantitative estimate of drug-likeness (QED) is 0.809. The van der Waals surface area contributed by atoms with E-state index in [2.05, 4.69) is 10.3 Å². The molecule has 2 N–H and O–H groups in total. The molecular formula is C13H17N3O3. The van der Waals surface area contributed by atoms with Gasteiger partial charge in [-0.1, -0.05) is 6.07 Å². The first kappa shape index (κ1) is 13.3. The fraction of sp³-hybridized carbons (Fsp3) is 0.462. The van der Waals surface area contributed by atoms with Crippen molar-refractivity contribution in [3.63, 3.8) is 0 Å². The van der Waals surface area contributed by atoms with Crippen LogP contribution in [0, 0.1) is 0 Å². The van der Waals surface area contributed by atoms with Crippen LogP contribution < -0.4 is 10.9 Å². The maximum absolute atomic E-state index is 11.7. The first-order valence-corrected chi connectivity index (χ1v) is 6.42. The van der Waals surface area contributed by atoms with Crippen molar-refractivity contribution in [3.05, 3.63) is 34.2 Å². The second-order valence-corrected chi connectivity index (χ2v) is 4.52. The second kappa shape index (κ2) is 6.17. The van der Waals surface area contributed by atoms with Crippen LogP contribution in [0.2, 0.25) is 0 Å². The number of aromatic nitrogens is 1. The number of nitrogens with zero attached hydrogens (tertiary/aromatic N) is 1. The zero-order valence-electron chi connectivity index (χ0n) is 10.6. The second-order valence-electron chi connectivity index (χ2n) is 4.52. The number of hydrogen-bond donors (Lipinski definition) is 2. The van der Waals surface area contributed by atoms with Crippen molar-refractivity contribution in [3.8, 4) is 0 Å². The van der Waals surface area contributed by atoms with Gasteiger partial charge in [-0.3, -0.25) is 14.4 Å². The predicted molar refractivity (Wildman–Crippen MR) is 69.8 cm³/mol. The van der Waals surface area contributed by atoms with Gasteiger partial charge in [-0.15, -0.1) is 0 Å². The monoisotopic (exact) mass is 263 g/mol. The van der Waals surface area contributed by atoms with Gasteiger partial charge in [0.15, 0.2) is 0 Å². The van der Waals surface area contributed by atoms with E-state index in [0.29, 0.717) is 6.42 Å². The maximum atomic E-state index is 11.7. The van der Waals surface area contributed by atoms with E-state index in [9.17, 15) is 14.4 Å². The number of H-pyrrole nitrogens is 1. The van der Waals surface area contributed by atoms with Gasteiger partial charge in [0.2, 0.25) is 11.5 Å². The lowest BCUT2D eigenvalue weighted by Gasteiger charge is -2.15. The molecule has 0 aromatic carbocycles. The van der Waals surface area contributed by atoms with Crippen molar-refractivity contribution in [2.45, 2.75) is 19.3 Å². The van der Waals surface area contributed by atoms with Crippen molar-refractivity contribution in [2.24, 2.45) is 0 Å². The summed E-state index contributed by atoms with van der Waals surface area (Å²) in [5.74, 6) is -0.300. The molecular weight excluding hydrogens is 246 g/mol. The van der Waals surface area contributed by atoms with E-state index in [1.54, 1.807) is 0 Å². The van der Waals surface area contributed by atoms with Crippen LogP contribution in [0.3, 0.4) is 0 Å². The summed E-state index contributed by atoms with van der Waals surface area (Å²) in [7, 11) is 0. The average Bonchev–Trinajstić information content (AvgIpc) is 2.92. The Hall–Kier alpha value is -2.11. The SMILES string of the molecule is O=C(NCCC(=O)N1CCCC1)c1cccc(=O)[nH]1. The van der Waals surface area contributed by atoms with Gasteiger partial charge in [0, 0.05) is 32.1 Å². The normalized spacial score (nSPS) is 14.4. The summed E-state index contributed by atoms with van der Waals surface area (Å²) in [5, 5.41) is 2.62. The highest BCUT2D eigenvalue weighted by molar-refractivity contribution is 5.92. The van der Waals surface area contributed by atoms with Gasteiger partial charge in [-0.2, -0.15) is 0 Å². The van der Waals surface area contributed by atoms with E-state index in [-0.39, 0.29) is 29.6 Å². The lowest BCUT2D eigenvalue weighted by Crippen LogP contribution is -2.33. The minimum Gasteiger partial charge on any atom is -0.350 e. The van der Waals surface area contributed by atoms with Crippen molar-refractivity contribution in [1.82, 2.24) is 15.2 Å². The molecule has 1 aromatic rings. The third-order valence-corrected chi connectivity index (χ3v) is 3.10. The van der Waals surface area contributed by atoms with Crippen molar-refractivity contribution in [2.75, 3.05) is 19.6 Å². The van der Waals surface area contributed by atoms with Crippen LogP contribution in [-0.4, -0.2) is 41.3 Å². The molecule has 1 saturated heterocycles. The number of carbonyl (C=O) groups excluding carboxylic acids is 2. The highest BCUT2D eigenvalue weighted by Gasteiger charge is 2.17. The Kier molecular flexibility index (Phi) is 4.33. The Bertz CT molecular complexity index is 518. The number of pyridine rings is 1. The zero-order valence-corrected chi connectivity index (χ0v) is 10.6. The van der Waals surface area contributed by atoms with Gasteiger partial charge in [-0.05, 0) is 18.9 Å². The van der Waals surface area contributed by atoms with E-state index in [4.69, 9.17) is 0 Å². The number of amides is 2. The lowest BCUT2D eigenvalue weighted by atomic mass is 10.3. The molecule has 6 nitrogen and oxygen atoms in total. The first-order chi connectivity index (χ1) is 9.16. The van der Waals surface area contributed by atoms with Crippen LogP contribution in [0.1, 0.15) is 29.8 Å². The average molecular weight is 263 g/mol. The molecule has 1 aromatic heterocycles. The number of aromatic amines is 1. The number of nitrogens with one attached hydrogen (secondary N) is 2. The Balaban J connectivity index is 1.77. The summed E-state index contributed by atoms with van der Waals surface area (Å²) in [6.45, 7) is 1.92. The van der Waals surface area contributed by atoms with E-state index in [1.165, 1.54) is 18.2 Å². The number of hydrogen-bond acceptors (Lipinski definition) is 3. The molecule has 102 valence electrons. The summed E-state index contributed by atoms with van der Waals surface area (Å²) in [5.41, 5.74) is -0.109. The Morgan fingerprint density at radius 1 is 1.26 bits per heavy atom. The molecule has 1 aliphatic heterocycles. The number of carbonyl (C=O) groups is 2. The van der Waals surface area contributed by atoms with Crippen molar-refractivity contribution < 1.29 is 9.59 Å². The number of rotatable bonds is 4. The molecule has 0 spiro atoms. The Morgan fingerprint density at radius 3 is 2.68 bits per heavy atom. The van der Waals surface area contributed by atoms with Crippen LogP contribution in [-0.2, 0) is 4.79 Å². The molecule has 0 radical (unpaired) electrons. The standard InChI is InChI=1S/C13H17N3O3/c17-11-5-3-4-10(15-11)13(19)14-7-6-12(18)16-8-1-2-9-16/h3-5H,1-2,6-9H2,(H,14,19)(H,15,17). The van der Waals surface area contributed by atoms with Crippen LogP contribution in [0.5, 0.6) is 0 Å². The van der Waals surface area contributed by atoms with E-state index in [1.807, 2.05) is 4.90 Å². The molecule has 6 heteroatoms. The molecule has 0 unspecified atom stereocenters.